The number of ether oxygens (including phenoxy) is 2. The summed E-state index contributed by atoms with van der Waals surface area (Å²) < 4.78 is 37.8. The van der Waals surface area contributed by atoms with Crippen molar-refractivity contribution in [3.8, 4) is 5.75 Å². The first-order chi connectivity index (χ1) is 19.8. The maximum Gasteiger partial charge on any atom is 0.459 e. The number of esters is 1. The Morgan fingerprint density at radius 2 is 2.00 bits per heavy atom. The standard InChI is InChI=1S/C27H35N6O8P/c1-17(25(36)38-14-13-26(2,3)4)32-42(37,41-18-9-7-6-8-10-18)39-15-27(29-5)23(35)21(34)22(40-27)19-11-12-20-24(28)30-16-31-33(19)20/h6-12,16-17,21-23,34-35H,13-15H2,1-4H3,(H,32,37)(H2,28,30,31)/t17-,21-,22-,23-,27+,42+/m0/s1. The number of nitrogens with zero attached hydrogens (tertiary/aromatic N) is 4. The molecule has 5 N–H and O–H groups in total. The van der Waals surface area contributed by atoms with Gasteiger partial charge in [-0.1, -0.05) is 39.0 Å². The molecule has 1 fully saturated rings. The van der Waals surface area contributed by atoms with Crippen molar-refractivity contribution in [2.24, 2.45) is 5.41 Å². The number of fused-ring (bicyclic) bond motifs is 1. The van der Waals surface area contributed by atoms with Crippen molar-refractivity contribution in [3.63, 3.8) is 0 Å². The van der Waals surface area contributed by atoms with Crippen LogP contribution in [-0.4, -0.2) is 68.0 Å². The third kappa shape index (κ3) is 6.90. The fraction of sp³-hybridized carbons (Fsp3) is 0.481. The van der Waals surface area contributed by atoms with Crippen molar-refractivity contribution in [1.29, 1.82) is 0 Å². The van der Waals surface area contributed by atoms with E-state index in [0.29, 0.717) is 17.6 Å². The van der Waals surface area contributed by atoms with Crippen LogP contribution in [-0.2, 0) is 23.4 Å². The second-order valence-corrected chi connectivity index (χ2v) is 12.8. The number of nitrogens with two attached hydrogens (primary N) is 1. The van der Waals surface area contributed by atoms with E-state index in [2.05, 4.69) is 20.0 Å². The zero-order valence-electron chi connectivity index (χ0n) is 23.7. The molecule has 42 heavy (non-hydrogen) atoms. The zero-order chi connectivity index (χ0) is 30.7. The largest absolute Gasteiger partial charge is 0.465 e. The molecule has 0 amide bonds. The number of nitrogens with one attached hydrogen (secondary N) is 1. The van der Waals surface area contributed by atoms with Crippen LogP contribution in [0.4, 0.5) is 5.82 Å². The molecule has 0 unspecified atom stereocenters. The molecule has 226 valence electrons. The minimum absolute atomic E-state index is 0.0584. The zero-order valence-corrected chi connectivity index (χ0v) is 24.6. The molecule has 0 spiro atoms. The summed E-state index contributed by atoms with van der Waals surface area (Å²) in [5.41, 5.74) is 4.37. The van der Waals surface area contributed by atoms with Crippen molar-refractivity contribution in [3.05, 3.63) is 65.9 Å². The lowest BCUT2D eigenvalue weighted by Gasteiger charge is -2.26. The molecule has 4 rings (SSSR count). The number of carbonyl (C=O) groups excluding carboxylic acids is 1. The number of benzene rings is 1. The first kappa shape index (κ1) is 31.4. The summed E-state index contributed by atoms with van der Waals surface area (Å²) in [7, 11) is -4.41. The van der Waals surface area contributed by atoms with Gasteiger partial charge in [0.1, 0.15) is 35.8 Å². The fourth-order valence-electron chi connectivity index (χ4n) is 4.22. The van der Waals surface area contributed by atoms with Crippen molar-refractivity contribution in [2.75, 3.05) is 18.9 Å². The summed E-state index contributed by atoms with van der Waals surface area (Å²) in [5, 5.41) is 28.5. The topological polar surface area (TPSA) is 184 Å². The number of nitrogen functional groups attached to an aromatic ring is 1. The molecule has 1 aliphatic rings. The van der Waals surface area contributed by atoms with Crippen LogP contribution < -0.4 is 15.3 Å². The average molecular weight is 603 g/mol. The summed E-state index contributed by atoms with van der Waals surface area (Å²) in [6, 6.07) is 10.1. The van der Waals surface area contributed by atoms with Gasteiger partial charge in [0.2, 0.25) is 0 Å². The molecule has 0 saturated carbocycles. The van der Waals surface area contributed by atoms with Crippen molar-refractivity contribution >= 4 is 25.1 Å². The van der Waals surface area contributed by atoms with Gasteiger partial charge >= 0.3 is 19.4 Å². The van der Waals surface area contributed by atoms with E-state index < -0.39 is 50.4 Å². The first-order valence-corrected chi connectivity index (χ1v) is 14.8. The number of carbonyl (C=O) groups is 1. The third-order valence-corrected chi connectivity index (χ3v) is 8.25. The number of para-hydroxylation sites is 1. The van der Waals surface area contributed by atoms with Gasteiger partial charge in [-0.3, -0.25) is 18.9 Å². The van der Waals surface area contributed by atoms with Gasteiger partial charge in [0, 0.05) is 0 Å². The minimum atomic E-state index is -4.41. The van der Waals surface area contributed by atoms with Crippen molar-refractivity contribution in [1.82, 2.24) is 19.7 Å². The molecule has 1 aromatic carbocycles. The first-order valence-electron chi connectivity index (χ1n) is 13.2. The summed E-state index contributed by atoms with van der Waals surface area (Å²) in [5.74, 6) is -0.352. The molecule has 0 radical (unpaired) electrons. The molecule has 0 aliphatic carbocycles. The van der Waals surface area contributed by atoms with Crippen LogP contribution in [0.15, 0.2) is 48.8 Å². The molecule has 15 heteroatoms. The molecule has 3 heterocycles. The predicted molar refractivity (Wildman–Crippen MR) is 151 cm³/mol. The Kier molecular flexibility index (Phi) is 9.22. The number of aliphatic hydroxyl groups is 2. The highest BCUT2D eigenvalue weighted by Crippen LogP contribution is 2.49. The fourth-order valence-corrected chi connectivity index (χ4v) is 5.73. The monoisotopic (exact) mass is 602 g/mol. The number of hydrogen-bond donors (Lipinski definition) is 4. The highest BCUT2D eigenvalue weighted by atomic mass is 31.2. The number of rotatable bonds is 11. The van der Waals surface area contributed by atoms with Crippen molar-refractivity contribution < 1.29 is 38.1 Å². The normalized spacial score (nSPS) is 24.5. The van der Waals surface area contributed by atoms with E-state index in [-0.39, 0.29) is 23.6 Å². The molecule has 6 atom stereocenters. The van der Waals surface area contributed by atoms with Gasteiger partial charge in [0.25, 0.3) is 0 Å². The van der Waals surface area contributed by atoms with Crippen LogP contribution in [0, 0.1) is 12.0 Å². The smallest absolute Gasteiger partial charge is 0.459 e. The van der Waals surface area contributed by atoms with E-state index in [9.17, 15) is 19.6 Å². The van der Waals surface area contributed by atoms with Gasteiger partial charge in [-0.05, 0) is 43.0 Å². The summed E-state index contributed by atoms with van der Waals surface area (Å²) in [4.78, 5) is 20.0. The Balaban J connectivity index is 1.54. The van der Waals surface area contributed by atoms with Crippen LogP contribution >= 0.6 is 7.75 Å². The maximum atomic E-state index is 14.0. The Labute approximate surface area is 243 Å². The highest BCUT2D eigenvalue weighted by molar-refractivity contribution is 7.52. The predicted octanol–water partition coefficient (Wildman–Crippen LogP) is 2.88. The van der Waals surface area contributed by atoms with Gasteiger partial charge in [0.15, 0.2) is 18.5 Å². The van der Waals surface area contributed by atoms with Gasteiger partial charge in [-0.2, -0.15) is 10.2 Å². The van der Waals surface area contributed by atoms with Crippen LogP contribution in [0.3, 0.4) is 0 Å². The van der Waals surface area contributed by atoms with E-state index in [1.165, 1.54) is 29.9 Å². The number of aliphatic hydroxyl groups excluding tert-OH is 2. The molecular formula is C27H35N6O8P. The quantitative estimate of drug-likeness (QED) is 0.143. The molecule has 14 nitrogen and oxygen atoms in total. The summed E-state index contributed by atoms with van der Waals surface area (Å²) in [6.07, 6.45) is -2.77. The molecule has 0 bridgehead atoms. The van der Waals surface area contributed by atoms with E-state index in [1.807, 2.05) is 20.8 Å². The molecule has 1 aliphatic heterocycles. The van der Waals surface area contributed by atoms with E-state index >= 15 is 0 Å². The molecule has 3 aromatic rings. The van der Waals surface area contributed by atoms with Gasteiger partial charge in [-0.15, -0.1) is 0 Å². The van der Waals surface area contributed by atoms with E-state index in [4.69, 9.17) is 30.8 Å². The Morgan fingerprint density at radius 1 is 1.29 bits per heavy atom. The second-order valence-electron chi connectivity index (χ2n) is 11.1. The van der Waals surface area contributed by atoms with Gasteiger partial charge < -0.3 is 25.2 Å². The Morgan fingerprint density at radius 3 is 2.67 bits per heavy atom. The summed E-state index contributed by atoms with van der Waals surface area (Å²) in [6.45, 7) is 14.6. The van der Waals surface area contributed by atoms with E-state index in [0.717, 1.165) is 0 Å². The maximum absolute atomic E-state index is 14.0. The third-order valence-electron chi connectivity index (χ3n) is 6.63. The van der Waals surface area contributed by atoms with Crippen LogP contribution in [0.2, 0.25) is 0 Å². The highest BCUT2D eigenvalue weighted by Gasteiger charge is 2.62. The lowest BCUT2D eigenvalue weighted by atomic mass is 9.93. The Bertz CT molecular complexity index is 1490. The second kappa shape index (κ2) is 12.3. The number of anilines is 1. The lowest BCUT2D eigenvalue weighted by Crippen LogP contribution is -2.45. The van der Waals surface area contributed by atoms with Crippen molar-refractivity contribution in [2.45, 2.75) is 64.2 Å². The van der Waals surface area contributed by atoms with E-state index in [1.54, 1.807) is 30.3 Å². The van der Waals surface area contributed by atoms with Crippen LogP contribution in [0.25, 0.3) is 10.4 Å². The molecule has 1 saturated heterocycles. The Hall–Kier alpha value is -3.57. The molecule has 2 aromatic heterocycles. The summed E-state index contributed by atoms with van der Waals surface area (Å²) >= 11 is 0. The number of aromatic nitrogens is 3. The lowest BCUT2D eigenvalue weighted by molar-refractivity contribution is -0.146. The van der Waals surface area contributed by atoms with Gasteiger partial charge in [-0.25, -0.2) is 20.6 Å². The number of hydrogen-bond acceptors (Lipinski definition) is 11. The van der Waals surface area contributed by atoms with Crippen LogP contribution in [0.5, 0.6) is 5.75 Å². The molecular weight excluding hydrogens is 567 g/mol. The SMILES string of the molecule is [C-]#[N+][C@]1(CO[P@](=O)(N[C@@H](C)C(=O)OCCC(C)(C)C)Oc2ccccc2)O[C@@H](c2ccc3c(N)ncnn23)[C@H](O)[C@@H]1O. The van der Waals surface area contributed by atoms with Crippen LogP contribution in [0.1, 0.15) is 45.9 Å². The average Bonchev–Trinajstić information content (AvgIpc) is 3.47. The van der Waals surface area contributed by atoms with Gasteiger partial charge in [0.05, 0.1) is 12.3 Å². The minimum Gasteiger partial charge on any atom is -0.465 e.